The van der Waals surface area contributed by atoms with Gasteiger partial charge < -0.3 is 10.0 Å². The van der Waals surface area contributed by atoms with Gasteiger partial charge in [0.25, 0.3) is 0 Å². The summed E-state index contributed by atoms with van der Waals surface area (Å²) in [5.41, 5.74) is 0.883. The number of carboxylic acids is 1. The van der Waals surface area contributed by atoms with Gasteiger partial charge in [0.05, 0.1) is 10.7 Å². The Morgan fingerprint density at radius 2 is 1.94 bits per heavy atom. The highest BCUT2D eigenvalue weighted by molar-refractivity contribution is 6.31. The second kappa shape index (κ2) is 5.57. The van der Waals surface area contributed by atoms with E-state index >= 15 is 0 Å². The summed E-state index contributed by atoms with van der Waals surface area (Å²) in [6.45, 7) is 3.54. The Morgan fingerprint density at radius 1 is 1.33 bits per heavy atom. The van der Waals surface area contributed by atoms with Crippen LogP contribution in [0, 0.1) is 6.92 Å². The predicted octanol–water partition coefficient (Wildman–Crippen LogP) is 3.12. The third kappa shape index (κ3) is 2.75. The van der Waals surface area contributed by atoms with E-state index in [-0.39, 0.29) is 5.56 Å². The largest absolute Gasteiger partial charge is 0.478 e. The fourth-order valence-electron chi connectivity index (χ4n) is 2.25. The van der Waals surface area contributed by atoms with Gasteiger partial charge in [-0.3, -0.25) is 0 Å². The van der Waals surface area contributed by atoms with Gasteiger partial charge in [0.15, 0.2) is 0 Å². The molecule has 0 amide bonds. The molecule has 2 rings (SSSR count). The van der Waals surface area contributed by atoms with E-state index in [0.717, 1.165) is 25.9 Å². The highest BCUT2D eigenvalue weighted by Crippen LogP contribution is 2.26. The zero-order valence-corrected chi connectivity index (χ0v) is 11.2. The molecule has 98 valence electrons. The Balaban J connectivity index is 2.40. The molecule has 0 aromatic carbocycles. The Morgan fingerprint density at radius 3 is 2.50 bits per heavy atom. The average Bonchev–Trinajstić information content (AvgIpc) is 2.60. The van der Waals surface area contributed by atoms with E-state index in [1.165, 1.54) is 18.9 Å². The minimum Gasteiger partial charge on any atom is -0.478 e. The van der Waals surface area contributed by atoms with Crippen LogP contribution in [0.25, 0.3) is 0 Å². The molecule has 0 unspecified atom stereocenters. The number of aromatic carboxylic acids is 1. The number of nitrogens with zero attached hydrogens (tertiary/aromatic N) is 2. The standard InChI is InChI=1S/C13H17ClN2O2/c1-9-11(14)8-10(13(17)18)12(15-9)16-6-4-2-3-5-7-16/h8H,2-7H2,1H3,(H,17,18). The molecular formula is C13H17ClN2O2. The van der Waals surface area contributed by atoms with Crippen molar-refractivity contribution in [1.82, 2.24) is 4.98 Å². The molecule has 1 saturated heterocycles. The first-order valence-electron chi connectivity index (χ1n) is 6.25. The molecule has 1 aliphatic heterocycles. The van der Waals surface area contributed by atoms with E-state index in [1.807, 2.05) is 0 Å². The van der Waals surface area contributed by atoms with Crippen LogP contribution < -0.4 is 4.90 Å². The van der Waals surface area contributed by atoms with Crippen molar-refractivity contribution in [2.75, 3.05) is 18.0 Å². The summed E-state index contributed by atoms with van der Waals surface area (Å²) in [4.78, 5) is 17.7. The van der Waals surface area contributed by atoms with Crippen molar-refractivity contribution in [3.05, 3.63) is 22.3 Å². The highest BCUT2D eigenvalue weighted by Gasteiger charge is 2.20. The number of anilines is 1. The van der Waals surface area contributed by atoms with Crippen LogP contribution in [-0.4, -0.2) is 29.1 Å². The van der Waals surface area contributed by atoms with E-state index in [9.17, 15) is 9.90 Å². The first kappa shape index (κ1) is 13.1. The lowest BCUT2D eigenvalue weighted by molar-refractivity contribution is 0.0697. The van der Waals surface area contributed by atoms with E-state index in [0.29, 0.717) is 16.5 Å². The van der Waals surface area contributed by atoms with Crippen LogP contribution in [0.15, 0.2) is 6.07 Å². The van der Waals surface area contributed by atoms with Crippen molar-refractivity contribution in [3.63, 3.8) is 0 Å². The van der Waals surface area contributed by atoms with Crippen LogP contribution >= 0.6 is 11.6 Å². The van der Waals surface area contributed by atoms with Gasteiger partial charge in [-0.25, -0.2) is 9.78 Å². The fourth-order valence-corrected chi connectivity index (χ4v) is 2.40. The normalized spacial score (nSPS) is 16.4. The molecule has 0 spiro atoms. The van der Waals surface area contributed by atoms with E-state index in [4.69, 9.17) is 11.6 Å². The molecule has 18 heavy (non-hydrogen) atoms. The van der Waals surface area contributed by atoms with Gasteiger partial charge in [-0.05, 0) is 25.8 Å². The second-order valence-corrected chi connectivity index (χ2v) is 5.04. The molecule has 0 radical (unpaired) electrons. The van der Waals surface area contributed by atoms with Crippen LogP contribution in [0.2, 0.25) is 5.02 Å². The Hall–Kier alpha value is -1.29. The third-order valence-corrected chi connectivity index (χ3v) is 3.65. The number of halogens is 1. The molecule has 2 heterocycles. The van der Waals surface area contributed by atoms with Crippen molar-refractivity contribution in [1.29, 1.82) is 0 Å². The van der Waals surface area contributed by atoms with Crippen molar-refractivity contribution in [2.24, 2.45) is 0 Å². The van der Waals surface area contributed by atoms with E-state index in [1.54, 1.807) is 6.92 Å². The molecule has 1 aromatic heterocycles. The van der Waals surface area contributed by atoms with Gasteiger partial charge in [-0.15, -0.1) is 0 Å². The summed E-state index contributed by atoms with van der Waals surface area (Å²) < 4.78 is 0. The minimum atomic E-state index is -0.969. The molecule has 0 saturated carbocycles. The second-order valence-electron chi connectivity index (χ2n) is 4.63. The maximum absolute atomic E-state index is 11.3. The SMILES string of the molecule is Cc1nc(N2CCCCCC2)c(C(=O)O)cc1Cl. The number of aryl methyl sites for hydroxylation is 1. The van der Waals surface area contributed by atoms with Gasteiger partial charge in [-0.2, -0.15) is 0 Å². The van der Waals surface area contributed by atoms with Gasteiger partial charge >= 0.3 is 5.97 Å². The molecule has 0 atom stereocenters. The van der Waals surface area contributed by atoms with Crippen molar-refractivity contribution in [2.45, 2.75) is 32.6 Å². The number of hydrogen-bond donors (Lipinski definition) is 1. The molecule has 1 aromatic rings. The average molecular weight is 269 g/mol. The number of hydrogen-bond acceptors (Lipinski definition) is 3. The van der Waals surface area contributed by atoms with E-state index < -0.39 is 5.97 Å². The summed E-state index contributed by atoms with van der Waals surface area (Å²) in [5.74, 6) is -0.407. The lowest BCUT2D eigenvalue weighted by Crippen LogP contribution is -2.27. The molecule has 4 nitrogen and oxygen atoms in total. The molecule has 0 bridgehead atoms. The number of rotatable bonds is 2. The molecule has 5 heteroatoms. The quantitative estimate of drug-likeness (QED) is 0.895. The molecular weight excluding hydrogens is 252 g/mol. The van der Waals surface area contributed by atoms with Gasteiger partial charge in [-0.1, -0.05) is 24.4 Å². The summed E-state index contributed by atoms with van der Waals surface area (Å²) in [6.07, 6.45) is 4.57. The van der Waals surface area contributed by atoms with Crippen molar-refractivity contribution < 1.29 is 9.90 Å². The summed E-state index contributed by atoms with van der Waals surface area (Å²) in [6, 6.07) is 1.51. The van der Waals surface area contributed by atoms with E-state index in [2.05, 4.69) is 9.88 Å². The maximum atomic E-state index is 11.3. The van der Waals surface area contributed by atoms with Crippen LogP contribution in [-0.2, 0) is 0 Å². The monoisotopic (exact) mass is 268 g/mol. The van der Waals surface area contributed by atoms with Gasteiger partial charge in [0.2, 0.25) is 0 Å². The van der Waals surface area contributed by atoms with Gasteiger partial charge in [0.1, 0.15) is 11.4 Å². The van der Waals surface area contributed by atoms with Crippen molar-refractivity contribution >= 4 is 23.4 Å². The smallest absolute Gasteiger partial charge is 0.339 e. The first-order chi connectivity index (χ1) is 8.59. The Kier molecular flexibility index (Phi) is 4.07. The molecule has 1 aliphatic rings. The van der Waals surface area contributed by atoms with Crippen LogP contribution in [0.5, 0.6) is 0 Å². The van der Waals surface area contributed by atoms with Crippen molar-refractivity contribution in [3.8, 4) is 0 Å². The fraction of sp³-hybridized carbons (Fsp3) is 0.538. The van der Waals surface area contributed by atoms with Gasteiger partial charge in [0, 0.05) is 13.1 Å². The Bertz CT molecular complexity index is 455. The summed E-state index contributed by atoms with van der Waals surface area (Å²) in [5, 5.41) is 9.66. The Labute approximate surface area is 112 Å². The maximum Gasteiger partial charge on any atom is 0.339 e. The van der Waals surface area contributed by atoms with Crippen LogP contribution in [0.1, 0.15) is 41.7 Å². The number of carbonyl (C=O) groups is 1. The summed E-state index contributed by atoms with van der Waals surface area (Å²) >= 11 is 5.96. The summed E-state index contributed by atoms with van der Waals surface area (Å²) in [7, 11) is 0. The minimum absolute atomic E-state index is 0.201. The number of aromatic nitrogens is 1. The highest BCUT2D eigenvalue weighted by atomic mass is 35.5. The first-order valence-corrected chi connectivity index (χ1v) is 6.63. The molecule has 1 fully saturated rings. The molecule has 1 N–H and O–H groups in total. The third-order valence-electron chi connectivity index (χ3n) is 3.27. The van der Waals surface area contributed by atoms with Crippen LogP contribution in [0.3, 0.4) is 0 Å². The number of pyridine rings is 1. The topological polar surface area (TPSA) is 53.4 Å². The zero-order valence-electron chi connectivity index (χ0n) is 10.4. The zero-order chi connectivity index (χ0) is 13.1. The number of carboxylic acid groups (broad SMARTS) is 1. The molecule has 0 aliphatic carbocycles. The predicted molar refractivity (Wildman–Crippen MR) is 71.6 cm³/mol. The van der Waals surface area contributed by atoms with Crippen LogP contribution in [0.4, 0.5) is 5.82 Å². The lowest BCUT2D eigenvalue weighted by Gasteiger charge is -2.23. The lowest BCUT2D eigenvalue weighted by atomic mass is 10.2.